The van der Waals surface area contributed by atoms with E-state index in [1.54, 1.807) is 18.9 Å². The molecule has 2 amide bonds. The average Bonchev–Trinajstić information content (AvgIpc) is 2.54. The van der Waals surface area contributed by atoms with Gasteiger partial charge in [-0.3, -0.25) is 9.59 Å². The van der Waals surface area contributed by atoms with Gasteiger partial charge in [0, 0.05) is 25.9 Å². The van der Waals surface area contributed by atoms with Crippen molar-refractivity contribution in [3.8, 4) is 5.75 Å². The van der Waals surface area contributed by atoms with Gasteiger partial charge in [0.15, 0.2) is 0 Å². The molecule has 0 spiro atoms. The third-order valence-corrected chi connectivity index (χ3v) is 4.97. The lowest BCUT2D eigenvalue weighted by Gasteiger charge is -2.31. The molecular formula is C17H23BrN2O3. The maximum atomic E-state index is 12.4. The Morgan fingerprint density at radius 2 is 2.00 bits per heavy atom. The van der Waals surface area contributed by atoms with Crippen LogP contribution >= 0.6 is 15.9 Å². The van der Waals surface area contributed by atoms with Crippen LogP contribution in [0.3, 0.4) is 0 Å². The van der Waals surface area contributed by atoms with Gasteiger partial charge in [0.1, 0.15) is 5.75 Å². The SMILES string of the molecule is COc1ccc(C(C)NC(=O)C2CCN(C(C)=O)CC2)cc1Br. The fourth-order valence-electron chi connectivity index (χ4n) is 2.82. The predicted octanol–water partition coefficient (Wildman–Crippen LogP) is 2.89. The fourth-order valence-corrected chi connectivity index (χ4v) is 3.38. The van der Waals surface area contributed by atoms with Gasteiger partial charge in [-0.1, -0.05) is 6.07 Å². The van der Waals surface area contributed by atoms with Gasteiger partial charge in [0.2, 0.25) is 11.8 Å². The molecule has 0 aliphatic carbocycles. The molecule has 1 fully saturated rings. The highest BCUT2D eigenvalue weighted by molar-refractivity contribution is 9.10. The molecule has 1 aromatic rings. The van der Waals surface area contributed by atoms with E-state index in [1.807, 2.05) is 25.1 Å². The van der Waals surface area contributed by atoms with Crippen LogP contribution in [-0.2, 0) is 9.59 Å². The Morgan fingerprint density at radius 1 is 1.35 bits per heavy atom. The highest BCUT2D eigenvalue weighted by Crippen LogP contribution is 2.28. The van der Waals surface area contributed by atoms with E-state index in [-0.39, 0.29) is 23.8 Å². The Kier molecular flexibility index (Phi) is 6.04. The van der Waals surface area contributed by atoms with Gasteiger partial charge in [-0.15, -0.1) is 0 Å². The Balaban J connectivity index is 1.92. The smallest absolute Gasteiger partial charge is 0.223 e. The van der Waals surface area contributed by atoms with Crippen LogP contribution in [0.4, 0.5) is 0 Å². The fraction of sp³-hybridized carbons (Fsp3) is 0.529. The first-order valence-corrected chi connectivity index (χ1v) is 8.61. The van der Waals surface area contributed by atoms with E-state index in [2.05, 4.69) is 21.2 Å². The Labute approximate surface area is 145 Å². The second-order valence-corrected chi connectivity index (χ2v) is 6.76. The normalized spacial score (nSPS) is 16.8. The molecule has 1 heterocycles. The van der Waals surface area contributed by atoms with Crippen molar-refractivity contribution in [2.24, 2.45) is 5.92 Å². The average molecular weight is 383 g/mol. The third kappa shape index (κ3) is 4.47. The van der Waals surface area contributed by atoms with Gasteiger partial charge >= 0.3 is 0 Å². The summed E-state index contributed by atoms with van der Waals surface area (Å²) in [7, 11) is 1.62. The van der Waals surface area contributed by atoms with E-state index >= 15 is 0 Å². The van der Waals surface area contributed by atoms with Crippen LogP contribution in [0.5, 0.6) is 5.75 Å². The third-order valence-electron chi connectivity index (χ3n) is 4.35. The van der Waals surface area contributed by atoms with E-state index in [4.69, 9.17) is 4.74 Å². The van der Waals surface area contributed by atoms with Crippen molar-refractivity contribution in [1.82, 2.24) is 10.2 Å². The van der Waals surface area contributed by atoms with E-state index in [0.717, 1.165) is 28.6 Å². The summed E-state index contributed by atoms with van der Waals surface area (Å²) in [5.74, 6) is 0.895. The van der Waals surface area contributed by atoms with Gasteiger partial charge in [0.25, 0.3) is 0 Å². The molecule has 0 bridgehead atoms. The molecule has 0 saturated carbocycles. The molecule has 1 aliphatic heterocycles. The Morgan fingerprint density at radius 3 is 2.52 bits per heavy atom. The molecule has 1 saturated heterocycles. The van der Waals surface area contributed by atoms with Gasteiger partial charge in [-0.2, -0.15) is 0 Å². The first-order chi connectivity index (χ1) is 10.9. The minimum absolute atomic E-state index is 0.0188. The minimum Gasteiger partial charge on any atom is -0.496 e. The van der Waals surface area contributed by atoms with Gasteiger partial charge < -0.3 is 15.0 Å². The number of rotatable bonds is 4. The highest BCUT2D eigenvalue weighted by Gasteiger charge is 2.26. The number of hydrogen-bond acceptors (Lipinski definition) is 3. The molecule has 1 N–H and O–H groups in total. The predicted molar refractivity (Wildman–Crippen MR) is 92.2 cm³/mol. The van der Waals surface area contributed by atoms with Crippen LogP contribution in [0.15, 0.2) is 22.7 Å². The van der Waals surface area contributed by atoms with Crippen LogP contribution in [0.2, 0.25) is 0 Å². The quantitative estimate of drug-likeness (QED) is 0.870. The van der Waals surface area contributed by atoms with Gasteiger partial charge in [0.05, 0.1) is 17.6 Å². The van der Waals surface area contributed by atoms with Crippen molar-refractivity contribution in [2.75, 3.05) is 20.2 Å². The molecule has 23 heavy (non-hydrogen) atoms. The zero-order chi connectivity index (χ0) is 17.0. The lowest BCUT2D eigenvalue weighted by Crippen LogP contribution is -2.42. The molecule has 126 valence electrons. The maximum Gasteiger partial charge on any atom is 0.223 e. The molecule has 0 radical (unpaired) electrons. The van der Waals surface area contributed by atoms with Crippen LogP contribution in [0, 0.1) is 5.92 Å². The summed E-state index contributed by atoms with van der Waals surface area (Å²) in [5, 5.41) is 3.07. The second kappa shape index (κ2) is 7.81. The molecule has 1 aliphatic rings. The van der Waals surface area contributed by atoms with E-state index in [0.29, 0.717) is 13.1 Å². The molecule has 5 nitrogen and oxygen atoms in total. The zero-order valence-corrected chi connectivity index (χ0v) is 15.4. The monoisotopic (exact) mass is 382 g/mol. The van der Waals surface area contributed by atoms with Crippen molar-refractivity contribution in [3.63, 3.8) is 0 Å². The zero-order valence-electron chi connectivity index (χ0n) is 13.8. The van der Waals surface area contributed by atoms with E-state index < -0.39 is 0 Å². The number of carbonyl (C=O) groups excluding carboxylic acids is 2. The lowest BCUT2D eigenvalue weighted by molar-refractivity contribution is -0.134. The standard InChI is InChI=1S/C17H23BrN2O3/c1-11(14-4-5-16(23-3)15(18)10-14)19-17(22)13-6-8-20(9-7-13)12(2)21/h4-5,10-11,13H,6-9H2,1-3H3,(H,19,22). The van der Waals surface area contributed by atoms with Crippen molar-refractivity contribution >= 4 is 27.7 Å². The second-order valence-electron chi connectivity index (χ2n) is 5.90. The van der Waals surface area contributed by atoms with Crippen molar-refractivity contribution in [1.29, 1.82) is 0 Å². The van der Waals surface area contributed by atoms with Crippen molar-refractivity contribution < 1.29 is 14.3 Å². The number of methoxy groups -OCH3 is 1. The molecule has 1 aromatic carbocycles. The Hall–Kier alpha value is -1.56. The van der Waals surface area contributed by atoms with E-state index in [9.17, 15) is 9.59 Å². The highest BCUT2D eigenvalue weighted by atomic mass is 79.9. The van der Waals surface area contributed by atoms with Crippen LogP contribution in [0.1, 0.15) is 38.3 Å². The number of likely N-dealkylation sites (tertiary alicyclic amines) is 1. The number of halogens is 1. The van der Waals surface area contributed by atoms with Crippen molar-refractivity contribution in [3.05, 3.63) is 28.2 Å². The lowest BCUT2D eigenvalue weighted by atomic mass is 9.95. The summed E-state index contributed by atoms with van der Waals surface area (Å²) >= 11 is 3.46. The summed E-state index contributed by atoms with van der Waals surface area (Å²) in [6.07, 6.45) is 1.45. The first-order valence-electron chi connectivity index (χ1n) is 7.81. The van der Waals surface area contributed by atoms with Gasteiger partial charge in [-0.05, 0) is 53.4 Å². The Bertz CT molecular complexity index is 583. The number of benzene rings is 1. The first kappa shape index (κ1) is 17.8. The molecule has 0 aromatic heterocycles. The molecular weight excluding hydrogens is 360 g/mol. The largest absolute Gasteiger partial charge is 0.496 e. The number of ether oxygens (including phenoxy) is 1. The molecule has 2 rings (SSSR count). The van der Waals surface area contributed by atoms with E-state index in [1.165, 1.54) is 0 Å². The number of amides is 2. The molecule has 6 heteroatoms. The number of hydrogen-bond donors (Lipinski definition) is 1. The topological polar surface area (TPSA) is 58.6 Å². The number of piperidine rings is 1. The van der Waals surface area contributed by atoms with Gasteiger partial charge in [-0.25, -0.2) is 0 Å². The summed E-state index contributed by atoms with van der Waals surface area (Å²) in [4.78, 5) is 25.5. The van der Waals surface area contributed by atoms with Crippen molar-refractivity contribution in [2.45, 2.75) is 32.7 Å². The summed E-state index contributed by atoms with van der Waals surface area (Å²) in [5.41, 5.74) is 1.02. The minimum atomic E-state index is -0.0736. The summed E-state index contributed by atoms with van der Waals surface area (Å²) in [6, 6.07) is 5.72. The number of carbonyl (C=O) groups is 2. The maximum absolute atomic E-state index is 12.4. The van der Waals surface area contributed by atoms with Crippen LogP contribution in [0.25, 0.3) is 0 Å². The number of nitrogens with one attached hydrogen (secondary N) is 1. The van der Waals surface area contributed by atoms with Crippen LogP contribution in [-0.4, -0.2) is 36.9 Å². The molecule has 1 unspecified atom stereocenters. The summed E-state index contributed by atoms with van der Waals surface area (Å²) in [6.45, 7) is 4.87. The summed E-state index contributed by atoms with van der Waals surface area (Å²) < 4.78 is 6.09. The number of nitrogens with zero attached hydrogens (tertiary/aromatic N) is 1. The molecule has 1 atom stereocenters. The van der Waals surface area contributed by atoms with Crippen LogP contribution < -0.4 is 10.1 Å².